The van der Waals surface area contributed by atoms with Crippen molar-refractivity contribution in [1.82, 2.24) is 25.4 Å². The minimum atomic E-state index is 0.426. The number of hydrogen-bond donors (Lipinski definition) is 2. The summed E-state index contributed by atoms with van der Waals surface area (Å²) in [4.78, 5) is 8.89. The summed E-state index contributed by atoms with van der Waals surface area (Å²) in [5, 5.41) is 11.1. The SMILES string of the molecule is CCNC(=NCc1nc(C)c(C)o1)NCCc1c(C)nn(C)c1C. The van der Waals surface area contributed by atoms with E-state index in [1.807, 2.05) is 32.5 Å². The number of aryl methyl sites for hydroxylation is 4. The van der Waals surface area contributed by atoms with Crippen molar-refractivity contribution in [2.75, 3.05) is 13.1 Å². The van der Waals surface area contributed by atoms with E-state index in [1.54, 1.807) is 0 Å². The summed E-state index contributed by atoms with van der Waals surface area (Å²) in [5.74, 6) is 2.26. The molecule has 7 nitrogen and oxygen atoms in total. The van der Waals surface area contributed by atoms with Crippen molar-refractivity contribution in [1.29, 1.82) is 0 Å². The van der Waals surface area contributed by atoms with Gasteiger partial charge in [0.2, 0.25) is 5.89 Å². The average molecular weight is 332 g/mol. The van der Waals surface area contributed by atoms with E-state index in [0.717, 1.165) is 42.6 Å². The molecule has 0 aliphatic heterocycles. The average Bonchev–Trinajstić information content (AvgIpc) is 2.97. The molecule has 0 aliphatic rings. The molecule has 0 fully saturated rings. The number of aliphatic imine (C=N–C) groups is 1. The second kappa shape index (κ2) is 7.99. The van der Waals surface area contributed by atoms with Crippen molar-refractivity contribution in [3.05, 3.63) is 34.3 Å². The highest BCUT2D eigenvalue weighted by Crippen LogP contribution is 2.12. The van der Waals surface area contributed by atoms with Crippen LogP contribution < -0.4 is 10.6 Å². The molecule has 0 saturated carbocycles. The van der Waals surface area contributed by atoms with Gasteiger partial charge in [-0.05, 0) is 46.6 Å². The number of guanidine groups is 1. The first-order valence-corrected chi connectivity index (χ1v) is 8.36. The molecule has 0 aliphatic carbocycles. The second-order valence-electron chi connectivity index (χ2n) is 5.89. The Bertz CT molecular complexity index is 693. The van der Waals surface area contributed by atoms with E-state index in [-0.39, 0.29) is 0 Å². The Morgan fingerprint density at radius 3 is 2.46 bits per heavy atom. The molecular weight excluding hydrogens is 304 g/mol. The molecule has 2 heterocycles. The van der Waals surface area contributed by atoms with Crippen LogP contribution in [0.1, 0.15) is 41.2 Å². The quantitative estimate of drug-likeness (QED) is 0.624. The molecule has 0 bridgehead atoms. The van der Waals surface area contributed by atoms with Crippen LogP contribution >= 0.6 is 0 Å². The van der Waals surface area contributed by atoms with E-state index in [4.69, 9.17) is 4.42 Å². The lowest BCUT2D eigenvalue weighted by Gasteiger charge is -2.11. The van der Waals surface area contributed by atoms with Crippen molar-refractivity contribution < 1.29 is 4.42 Å². The fraction of sp³-hybridized carbons (Fsp3) is 0.588. The molecule has 0 atom stereocenters. The van der Waals surface area contributed by atoms with Gasteiger partial charge in [-0.15, -0.1) is 0 Å². The second-order valence-corrected chi connectivity index (χ2v) is 5.89. The van der Waals surface area contributed by atoms with E-state index in [1.165, 1.54) is 11.3 Å². The first-order chi connectivity index (χ1) is 11.4. The van der Waals surface area contributed by atoms with Crippen LogP contribution in [0.3, 0.4) is 0 Å². The van der Waals surface area contributed by atoms with Crippen molar-refractivity contribution in [3.63, 3.8) is 0 Å². The zero-order chi connectivity index (χ0) is 17.7. The molecule has 0 aromatic carbocycles. The van der Waals surface area contributed by atoms with Crippen LogP contribution in [-0.2, 0) is 20.0 Å². The molecule has 2 N–H and O–H groups in total. The van der Waals surface area contributed by atoms with Gasteiger partial charge in [0.15, 0.2) is 5.96 Å². The summed E-state index contributed by atoms with van der Waals surface area (Å²) in [6.45, 7) is 12.1. The van der Waals surface area contributed by atoms with E-state index in [0.29, 0.717) is 12.4 Å². The summed E-state index contributed by atoms with van der Waals surface area (Å²) in [5.41, 5.74) is 4.51. The minimum Gasteiger partial charge on any atom is -0.444 e. The Balaban J connectivity index is 1.94. The summed E-state index contributed by atoms with van der Waals surface area (Å²) in [7, 11) is 1.98. The van der Waals surface area contributed by atoms with Crippen LogP contribution in [-0.4, -0.2) is 33.8 Å². The molecule has 24 heavy (non-hydrogen) atoms. The van der Waals surface area contributed by atoms with Crippen LogP contribution in [0, 0.1) is 27.7 Å². The van der Waals surface area contributed by atoms with Gasteiger partial charge in [0.1, 0.15) is 12.3 Å². The molecule has 2 aromatic heterocycles. The predicted molar refractivity (Wildman–Crippen MR) is 95.2 cm³/mol. The number of rotatable bonds is 6. The van der Waals surface area contributed by atoms with Crippen LogP contribution in [0.25, 0.3) is 0 Å². The zero-order valence-electron chi connectivity index (χ0n) is 15.5. The van der Waals surface area contributed by atoms with Gasteiger partial charge in [-0.1, -0.05) is 0 Å². The van der Waals surface area contributed by atoms with Gasteiger partial charge >= 0.3 is 0 Å². The predicted octanol–water partition coefficient (Wildman–Crippen LogP) is 1.94. The Kier molecular flexibility index (Phi) is 6.00. The van der Waals surface area contributed by atoms with E-state index in [9.17, 15) is 0 Å². The number of hydrogen-bond acceptors (Lipinski definition) is 4. The normalized spacial score (nSPS) is 11.8. The van der Waals surface area contributed by atoms with Gasteiger partial charge in [-0.2, -0.15) is 5.10 Å². The maximum Gasteiger partial charge on any atom is 0.216 e. The van der Waals surface area contributed by atoms with E-state index < -0.39 is 0 Å². The Morgan fingerprint density at radius 1 is 1.17 bits per heavy atom. The topological polar surface area (TPSA) is 80.3 Å². The summed E-state index contributed by atoms with van der Waals surface area (Å²) >= 11 is 0. The lowest BCUT2D eigenvalue weighted by Crippen LogP contribution is -2.38. The van der Waals surface area contributed by atoms with E-state index >= 15 is 0 Å². The van der Waals surface area contributed by atoms with Crippen molar-refractivity contribution >= 4 is 5.96 Å². The van der Waals surface area contributed by atoms with Crippen molar-refractivity contribution in [2.24, 2.45) is 12.0 Å². The highest BCUT2D eigenvalue weighted by atomic mass is 16.4. The van der Waals surface area contributed by atoms with E-state index in [2.05, 4.69) is 39.6 Å². The van der Waals surface area contributed by atoms with Crippen LogP contribution in [0.15, 0.2) is 9.41 Å². The van der Waals surface area contributed by atoms with Gasteiger partial charge in [-0.25, -0.2) is 9.98 Å². The number of nitrogens with one attached hydrogen (secondary N) is 2. The summed E-state index contributed by atoms with van der Waals surface area (Å²) in [6.07, 6.45) is 0.910. The van der Waals surface area contributed by atoms with Gasteiger partial charge in [-0.3, -0.25) is 4.68 Å². The lowest BCUT2D eigenvalue weighted by molar-refractivity contribution is 0.473. The molecule has 2 aromatic rings. The van der Waals surface area contributed by atoms with Crippen LogP contribution in [0.4, 0.5) is 0 Å². The Labute approximate surface area is 143 Å². The minimum absolute atomic E-state index is 0.426. The fourth-order valence-corrected chi connectivity index (χ4v) is 2.58. The van der Waals surface area contributed by atoms with Gasteiger partial charge in [0, 0.05) is 25.8 Å². The van der Waals surface area contributed by atoms with Gasteiger partial charge < -0.3 is 15.1 Å². The summed E-state index contributed by atoms with van der Waals surface area (Å²) in [6, 6.07) is 0. The number of nitrogens with zero attached hydrogens (tertiary/aromatic N) is 4. The highest BCUT2D eigenvalue weighted by molar-refractivity contribution is 5.79. The molecule has 0 radical (unpaired) electrons. The summed E-state index contributed by atoms with van der Waals surface area (Å²) < 4.78 is 7.49. The van der Waals surface area contributed by atoms with Crippen molar-refractivity contribution in [2.45, 2.75) is 47.6 Å². The highest BCUT2D eigenvalue weighted by Gasteiger charge is 2.09. The molecule has 0 amide bonds. The Hall–Kier alpha value is -2.31. The van der Waals surface area contributed by atoms with Crippen LogP contribution in [0.5, 0.6) is 0 Å². The number of oxazole rings is 1. The molecule has 0 saturated heterocycles. The molecular formula is C17H28N6O. The zero-order valence-corrected chi connectivity index (χ0v) is 15.5. The Morgan fingerprint density at radius 2 is 1.92 bits per heavy atom. The standard InChI is InChI=1S/C17H28N6O/c1-7-18-17(20-10-16-21-11(2)14(5)24-16)19-9-8-15-12(3)22-23(6)13(15)4/h7-10H2,1-6H3,(H2,18,19,20). The molecule has 2 rings (SSSR count). The van der Waals surface area contributed by atoms with Crippen molar-refractivity contribution in [3.8, 4) is 0 Å². The third-order valence-corrected chi connectivity index (χ3v) is 4.12. The maximum absolute atomic E-state index is 5.57. The molecule has 7 heteroatoms. The fourth-order valence-electron chi connectivity index (χ4n) is 2.58. The maximum atomic E-state index is 5.57. The number of aromatic nitrogens is 3. The lowest BCUT2D eigenvalue weighted by atomic mass is 10.1. The first kappa shape index (κ1) is 18.0. The third kappa shape index (κ3) is 4.37. The first-order valence-electron chi connectivity index (χ1n) is 8.36. The molecule has 132 valence electrons. The monoisotopic (exact) mass is 332 g/mol. The van der Waals surface area contributed by atoms with Crippen LogP contribution in [0.2, 0.25) is 0 Å². The molecule has 0 unspecified atom stereocenters. The smallest absolute Gasteiger partial charge is 0.216 e. The van der Waals surface area contributed by atoms with Gasteiger partial charge in [0.25, 0.3) is 0 Å². The largest absolute Gasteiger partial charge is 0.444 e. The van der Waals surface area contributed by atoms with Gasteiger partial charge in [0.05, 0.1) is 11.4 Å². The third-order valence-electron chi connectivity index (χ3n) is 4.12. The molecule has 0 spiro atoms.